The van der Waals surface area contributed by atoms with Crippen molar-refractivity contribution in [3.05, 3.63) is 77.9 Å². The molecule has 0 spiro atoms. The lowest BCUT2D eigenvalue weighted by Crippen LogP contribution is -2.44. The molecule has 244 valence electrons. The zero-order valence-electron chi connectivity index (χ0n) is 28.1. The summed E-state index contributed by atoms with van der Waals surface area (Å²) in [5, 5.41) is 1.98. The molecule has 0 aromatic heterocycles. The molecule has 0 bridgehead atoms. The first kappa shape index (κ1) is 34.5. The second-order valence-electron chi connectivity index (χ2n) is 13.1. The van der Waals surface area contributed by atoms with E-state index < -0.39 is 12.1 Å². The van der Waals surface area contributed by atoms with Crippen molar-refractivity contribution in [2.75, 3.05) is 13.7 Å². The van der Waals surface area contributed by atoms with Crippen LogP contribution in [-0.4, -0.2) is 36.5 Å². The lowest BCUT2D eigenvalue weighted by molar-refractivity contribution is -0.139. The van der Waals surface area contributed by atoms with Gasteiger partial charge in [0.05, 0.1) is 18.2 Å². The lowest BCUT2D eigenvalue weighted by atomic mass is 9.79. The monoisotopic (exact) mass is 613 g/mol. The number of rotatable bonds is 17. The van der Waals surface area contributed by atoms with Gasteiger partial charge < -0.3 is 14.4 Å². The van der Waals surface area contributed by atoms with Crippen molar-refractivity contribution >= 4 is 22.6 Å². The molecule has 1 aliphatic rings. The number of amides is 1. The predicted molar refractivity (Wildman–Crippen MR) is 185 cm³/mol. The quantitative estimate of drug-likeness (QED) is 0.112. The Morgan fingerprint density at radius 3 is 2.18 bits per heavy atom. The minimum atomic E-state index is -0.582. The Hall–Kier alpha value is -3.34. The van der Waals surface area contributed by atoms with Crippen LogP contribution in [0, 0.1) is 11.8 Å². The van der Waals surface area contributed by atoms with Gasteiger partial charge in [0, 0.05) is 13.0 Å². The molecule has 45 heavy (non-hydrogen) atoms. The molecule has 0 N–H and O–H groups in total. The maximum atomic E-state index is 13.7. The van der Waals surface area contributed by atoms with Gasteiger partial charge in [-0.1, -0.05) is 108 Å². The Morgan fingerprint density at radius 1 is 0.800 bits per heavy atom. The molecule has 1 fully saturated rings. The molecule has 0 unspecified atom stereocenters. The number of nitrogens with zero attached hydrogens (tertiary/aromatic N) is 1. The normalized spacial score (nSPS) is 17.9. The van der Waals surface area contributed by atoms with E-state index in [4.69, 9.17) is 9.47 Å². The highest BCUT2D eigenvalue weighted by atomic mass is 16.5. The lowest BCUT2D eigenvalue weighted by Gasteiger charge is -2.36. The van der Waals surface area contributed by atoms with Crippen LogP contribution < -0.4 is 4.74 Å². The average molecular weight is 614 g/mol. The molecule has 1 amide bonds. The van der Waals surface area contributed by atoms with Gasteiger partial charge in [-0.3, -0.25) is 4.79 Å². The standard InChI is InChI=1S/C40H55NO4/c1-5-7-9-12-16-31-19-21-33(22-20-31)39(42)41(4)30(3)38(32-17-13-11-14-18-32)45-40(43)36-24-23-35-29-37(26-25-34(35)28-36)44-27-15-10-8-6-2/h11,13-14,17-18,23-26,28-31,33,38H,5-10,12,15-16,19-22,27H2,1-4H3/t30-,31?,33?,38-/m1/s1. The molecule has 3 aromatic carbocycles. The highest BCUT2D eigenvalue weighted by Gasteiger charge is 2.34. The fraction of sp³-hybridized carbons (Fsp3) is 0.550. The van der Waals surface area contributed by atoms with Gasteiger partial charge in [0.15, 0.2) is 0 Å². The molecule has 0 aliphatic heterocycles. The molecule has 0 radical (unpaired) electrons. The van der Waals surface area contributed by atoms with Gasteiger partial charge in [-0.25, -0.2) is 4.79 Å². The highest BCUT2D eigenvalue weighted by molar-refractivity contribution is 5.96. The molecule has 5 heteroatoms. The SMILES string of the molecule is CCCCCCOc1ccc2cc(C(=O)O[C@@H](c3ccccc3)[C@@H](C)N(C)C(=O)C3CCC(CCCCCC)CC3)ccc2c1. The zero-order valence-corrected chi connectivity index (χ0v) is 28.1. The Bertz CT molecular complexity index is 1330. The van der Waals surface area contributed by atoms with Crippen molar-refractivity contribution in [1.82, 2.24) is 4.90 Å². The van der Waals surface area contributed by atoms with Gasteiger partial charge in [0.2, 0.25) is 5.91 Å². The Kier molecular flexibility index (Phi) is 13.8. The summed E-state index contributed by atoms with van der Waals surface area (Å²) < 4.78 is 12.2. The number of benzene rings is 3. The molecule has 2 atom stereocenters. The first-order chi connectivity index (χ1) is 21.9. The third-order valence-corrected chi connectivity index (χ3v) is 9.73. The van der Waals surface area contributed by atoms with Crippen LogP contribution in [0.25, 0.3) is 10.8 Å². The van der Waals surface area contributed by atoms with Gasteiger partial charge in [0.25, 0.3) is 0 Å². The van der Waals surface area contributed by atoms with E-state index in [9.17, 15) is 9.59 Å². The number of hydrogen-bond donors (Lipinski definition) is 0. The number of likely N-dealkylation sites (N-methyl/N-ethyl adjacent to an activating group) is 1. The van der Waals surface area contributed by atoms with Crippen molar-refractivity contribution < 1.29 is 19.1 Å². The summed E-state index contributed by atoms with van der Waals surface area (Å²) in [7, 11) is 1.87. The van der Waals surface area contributed by atoms with Crippen molar-refractivity contribution in [2.24, 2.45) is 11.8 Å². The summed E-state index contributed by atoms with van der Waals surface area (Å²) >= 11 is 0. The number of unbranched alkanes of at least 4 members (excludes halogenated alkanes) is 6. The largest absolute Gasteiger partial charge is 0.494 e. The number of carbonyl (C=O) groups excluding carboxylic acids is 2. The highest BCUT2D eigenvalue weighted by Crippen LogP contribution is 2.35. The third-order valence-electron chi connectivity index (χ3n) is 9.73. The summed E-state index contributed by atoms with van der Waals surface area (Å²) in [6.07, 6.45) is 14.8. The van der Waals surface area contributed by atoms with Crippen molar-refractivity contribution in [1.29, 1.82) is 0 Å². The van der Waals surface area contributed by atoms with Gasteiger partial charge in [-0.2, -0.15) is 0 Å². The summed E-state index contributed by atoms with van der Waals surface area (Å²) in [5.41, 5.74) is 1.38. The first-order valence-electron chi connectivity index (χ1n) is 17.6. The molecule has 3 aromatic rings. The summed E-state index contributed by atoms with van der Waals surface area (Å²) in [6.45, 7) is 7.17. The van der Waals surface area contributed by atoms with Crippen LogP contribution in [0.15, 0.2) is 66.7 Å². The second kappa shape index (κ2) is 18.0. The van der Waals surface area contributed by atoms with E-state index in [2.05, 4.69) is 13.8 Å². The van der Waals surface area contributed by atoms with E-state index in [1.54, 1.807) is 0 Å². The zero-order chi connectivity index (χ0) is 32.0. The van der Waals surface area contributed by atoms with E-state index in [-0.39, 0.29) is 17.9 Å². The van der Waals surface area contributed by atoms with E-state index in [1.165, 1.54) is 51.4 Å². The maximum Gasteiger partial charge on any atom is 0.338 e. The number of carbonyl (C=O) groups is 2. The summed E-state index contributed by atoms with van der Waals surface area (Å²) in [5.74, 6) is 1.42. The van der Waals surface area contributed by atoms with E-state index >= 15 is 0 Å². The van der Waals surface area contributed by atoms with Gasteiger partial charge in [0.1, 0.15) is 11.9 Å². The minimum Gasteiger partial charge on any atom is -0.494 e. The maximum absolute atomic E-state index is 13.7. The van der Waals surface area contributed by atoms with Crippen LogP contribution >= 0.6 is 0 Å². The molecule has 0 saturated heterocycles. The summed E-state index contributed by atoms with van der Waals surface area (Å²) in [6, 6.07) is 21.1. The average Bonchev–Trinajstić information content (AvgIpc) is 3.08. The topological polar surface area (TPSA) is 55.8 Å². The Labute approximate surface area is 271 Å². The molecular formula is C40H55NO4. The molecule has 0 heterocycles. The molecule has 5 nitrogen and oxygen atoms in total. The summed E-state index contributed by atoms with van der Waals surface area (Å²) in [4.78, 5) is 29.1. The first-order valence-corrected chi connectivity index (χ1v) is 17.6. The molecule has 1 aliphatic carbocycles. The number of ether oxygens (including phenoxy) is 2. The van der Waals surface area contributed by atoms with Gasteiger partial charge in [-0.15, -0.1) is 0 Å². The van der Waals surface area contributed by atoms with Crippen molar-refractivity contribution in [3.8, 4) is 5.75 Å². The van der Waals surface area contributed by atoms with Crippen LogP contribution in [0.1, 0.15) is 126 Å². The third kappa shape index (κ3) is 10.1. The van der Waals surface area contributed by atoms with E-state index in [1.807, 2.05) is 85.6 Å². The number of fused-ring (bicyclic) bond motifs is 1. The van der Waals surface area contributed by atoms with Crippen LogP contribution in [0.5, 0.6) is 5.75 Å². The Balaban J connectivity index is 1.39. The van der Waals surface area contributed by atoms with Crippen molar-refractivity contribution in [2.45, 2.75) is 116 Å². The van der Waals surface area contributed by atoms with Crippen molar-refractivity contribution in [3.63, 3.8) is 0 Å². The molecule has 4 rings (SSSR count). The van der Waals surface area contributed by atoms with Gasteiger partial charge in [-0.05, 0) is 85.5 Å². The molecule has 1 saturated carbocycles. The van der Waals surface area contributed by atoms with Crippen LogP contribution in [-0.2, 0) is 9.53 Å². The molecular weight excluding hydrogens is 558 g/mol. The second-order valence-corrected chi connectivity index (χ2v) is 13.1. The van der Waals surface area contributed by atoms with Crippen LogP contribution in [0.2, 0.25) is 0 Å². The van der Waals surface area contributed by atoms with Gasteiger partial charge >= 0.3 is 5.97 Å². The van der Waals surface area contributed by atoms with Crippen LogP contribution in [0.4, 0.5) is 0 Å². The smallest absolute Gasteiger partial charge is 0.338 e. The minimum absolute atomic E-state index is 0.0437. The van der Waals surface area contributed by atoms with E-state index in [0.29, 0.717) is 12.2 Å². The fourth-order valence-corrected chi connectivity index (χ4v) is 6.68. The number of hydrogen-bond acceptors (Lipinski definition) is 4. The predicted octanol–water partition coefficient (Wildman–Crippen LogP) is 10.3. The fourth-order valence-electron chi connectivity index (χ4n) is 6.68. The van der Waals surface area contributed by atoms with Crippen LogP contribution in [0.3, 0.4) is 0 Å². The number of esters is 1. The van der Waals surface area contributed by atoms with E-state index in [0.717, 1.165) is 60.1 Å². The Morgan fingerprint density at radius 2 is 1.47 bits per heavy atom.